The zero-order valence-corrected chi connectivity index (χ0v) is 19.7. The van der Waals surface area contributed by atoms with Crippen molar-refractivity contribution in [3.8, 4) is 11.5 Å². The van der Waals surface area contributed by atoms with Gasteiger partial charge in [-0.2, -0.15) is 0 Å². The average Bonchev–Trinajstić information content (AvgIpc) is 3.26. The Labute approximate surface area is 194 Å². The molecule has 7 rings (SSSR count). The molecular weight excluding hydrogens is 422 g/mol. The summed E-state index contributed by atoms with van der Waals surface area (Å²) in [6, 6.07) is 3.32. The summed E-state index contributed by atoms with van der Waals surface area (Å²) in [5, 5.41) is 0. The zero-order chi connectivity index (χ0) is 23.1. The number of piperidine rings is 1. The number of benzene rings is 1. The van der Waals surface area contributed by atoms with Crippen LogP contribution in [0.5, 0.6) is 11.5 Å². The molecule has 5 fully saturated rings. The molecule has 6 atom stereocenters. The lowest BCUT2D eigenvalue weighted by molar-refractivity contribution is -0.143. The van der Waals surface area contributed by atoms with Gasteiger partial charge in [0.25, 0.3) is 0 Å². The first-order valence-corrected chi connectivity index (χ1v) is 11.9. The van der Waals surface area contributed by atoms with E-state index >= 15 is 0 Å². The summed E-state index contributed by atoms with van der Waals surface area (Å²) in [5.41, 5.74) is 1.82. The smallest absolute Gasteiger partial charge is 0.341 e. The largest absolute Gasteiger partial charge is 0.494 e. The molecule has 33 heavy (non-hydrogen) atoms. The number of methoxy groups -OCH3 is 3. The molecule has 3 heterocycles. The van der Waals surface area contributed by atoms with Crippen molar-refractivity contribution in [2.24, 2.45) is 22.7 Å². The lowest BCUT2D eigenvalue weighted by atomic mass is 9.49. The maximum absolute atomic E-state index is 13.5. The van der Waals surface area contributed by atoms with Crippen LogP contribution in [-0.4, -0.2) is 45.4 Å². The topological polar surface area (TPSA) is 74.3 Å². The van der Waals surface area contributed by atoms with Crippen LogP contribution < -0.4 is 14.4 Å². The van der Waals surface area contributed by atoms with Crippen molar-refractivity contribution in [2.45, 2.75) is 57.7 Å². The van der Waals surface area contributed by atoms with Crippen LogP contribution in [0.15, 0.2) is 23.9 Å². The van der Waals surface area contributed by atoms with Gasteiger partial charge in [0.15, 0.2) is 5.75 Å². The standard InChI is InChI=1S/C26H31NO6/c1-25-9-8-20(28)27(21-16(30-2)6-5-15(22(21)31-3)24(29)32-4)19(25)7-10-26-12-14-11-17(23(25)26)33-18(14)13-26/h5-7,14,17-18,23H,8-13H2,1-4H3/t14-,17+,18+,23+,25-,26+/m1/s1. The Morgan fingerprint density at radius 2 is 1.97 bits per heavy atom. The molecule has 3 aliphatic carbocycles. The van der Waals surface area contributed by atoms with E-state index in [0.717, 1.165) is 31.4 Å². The molecule has 0 unspecified atom stereocenters. The van der Waals surface area contributed by atoms with Crippen LogP contribution in [0.2, 0.25) is 0 Å². The van der Waals surface area contributed by atoms with Crippen LogP contribution in [-0.2, 0) is 14.3 Å². The van der Waals surface area contributed by atoms with Crippen molar-refractivity contribution in [3.63, 3.8) is 0 Å². The maximum Gasteiger partial charge on any atom is 0.341 e. The molecule has 1 aromatic carbocycles. The molecule has 3 aliphatic heterocycles. The second-order valence-corrected chi connectivity index (χ2v) is 10.6. The Balaban J connectivity index is 1.53. The van der Waals surface area contributed by atoms with Crippen molar-refractivity contribution in [2.75, 3.05) is 26.2 Å². The molecule has 2 saturated carbocycles. The minimum absolute atomic E-state index is 0.0131. The molecule has 7 heteroatoms. The number of carbonyl (C=O) groups is 2. The van der Waals surface area contributed by atoms with Gasteiger partial charge in [0, 0.05) is 23.5 Å². The van der Waals surface area contributed by atoms with Crippen LogP contribution in [0, 0.1) is 22.7 Å². The third-order valence-corrected chi connectivity index (χ3v) is 9.19. The van der Waals surface area contributed by atoms with Crippen LogP contribution in [0.1, 0.15) is 55.8 Å². The van der Waals surface area contributed by atoms with E-state index in [1.54, 1.807) is 24.1 Å². The first-order valence-electron chi connectivity index (χ1n) is 11.9. The van der Waals surface area contributed by atoms with Crippen LogP contribution in [0.4, 0.5) is 5.69 Å². The van der Waals surface area contributed by atoms with Gasteiger partial charge in [0.2, 0.25) is 5.91 Å². The van der Waals surface area contributed by atoms with Crippen LogP contribution >= 0.6 is 0 Å². The van der Waals surface area contributed by atoms with Crippen molar-refractivity contribution >= 4 is 17.6 Å². The summed E-state index contributed by atoms with van der Waals surface area (Å²) in [4.78, 5) is 27.8. The number of amides is 1. The van der Waals surface area contributed by atoms with E-state index < -0.39 is 5.97 Å². The number of hydrogen-bond acceptors (Lipinski definition) is 6. The highest BCUT2D eigenvalue weighted by Crippen LogP contribution is 2.71. The monoisotopic (exact) mass is 453 g/mol. The van der Waals surface area contributed by atoms with Gasteiger partial charge >= 0.3 is 5.97 Å². The highest BCUT2D eigenvalue weighted by molar-refractivity contribution is 6.04. The van der Waals surface area contributed by atoms with Crippen molar-refractivity contribution in [1.29, 1.82) is 0 Å². The first kappa shape index (κ1) is 21.0. The van der Waals surface area contributed by atoms with Crippen molar-refractivity contribution < 1.29 is 28.5 Å². The van der Waals surface area contributed by atoms with E-state index in [1.165, 1.54) is 20.6 Å². The van der Waals surface area contributed by atoms with Gasteiger partial charge in [-0.1, -0.05) is 13.0 Å². The maximum atomic E-state index is 13.5. The van der Waals surface area contributed by atoms with Crippen LogP contribution in [0.25, 0.3) is 0 Å². The summed E-state index contributed by atoms with van der Waals surface area (Å²) < 4.78 is 22.9. The van der Waals surface area contributed by atoms with Gasteiger partial charge in [0.1, 0.15) is 17.0 Å². The van der Waals surface area contributed by atoms with Gasteiger partial charge in [0.05, 0.1) is 33.5 Å². The molecule has 1 amide bonds. The van der Waals surface area contributed by atoms with Gasteiger partial charge < -0.3 is 18.9 Å². The molecule has 1 aromatic rings. The number of nitrogens with zero attached hydrogens (tertiary/aromatic N) is 1. The Kier molecular flexibility index (Phi) is 4.45. The first-order chi connectivity index (χ1) is 15.9. The molecule has 1 spiro atoms. The van der Waals surface area contributed by atoms with Gasteiger partial charge in [-0.25, -0.2) is 4.79 Å². The van der Waals surface area contributed by atoms with Gasteiger partial charge in [-0.15, -0.1) is 0 Å². The van der Waals surface area contributed by atoms with E-state index in [9.17, 15) is 9.59 Å². The summed E-state index contributed by atoms with van der Waals surface area (Å²) in [7, 11) is 4.41. The summed E-state index contributed by atoms with van der Waals surface area (Å²) in [5.74, 6) is 1.34. The second-order valence-electron chi connectivity index (χ2n) is 10.6. The summed E-state index contributed by atoms with van der Waals surface area (Å²) in [6.07, 6.45) is 8.65. The molecule has 176 valence electrons. The number of esters is 1. The normalized spacial score (nSPS) is 38.0. The number of carbonyl (C=O) groups excluding carboxylic acids is 2. The lowest BCUT2D eigenvalue weighted by Gasteiger charge is -2.60. The quantitative estimate of drug-likeness (QED) is 0.639. The van der Waals surface area contributed by atoms with E-state index in [4.69, 9.17) is 18.9 Å². The highest BCUT2D eigenvalue weighted by Gasteiger charge is 2.69. The van der Waals surface area contributed by atoms with Crippen molar-refractivity contribution in [3.05, 3.63) is 29.5 Å². The minimum Gasteiger partial charge on any atom is -0.494 e. The predicted molar refractivity (Wildman–Crippen MR) is 120 cm³/mol. The molecule has 7 nitrogen and oxygen atoms in total. The zero-order valence-electron chi connectivity index (χ0n) is 19.7. The lowest BCUT2D eigenvalue weighted by Crippen LogP contribution is -2.58. The molecule has 0 aromatic heterocycles. The van der Waals surface area contributed by atoms with Gasteiger partial charge in [-0.3, -0.25) is 9.69 Å². The number of anilines is 1. The average molecular weight is 454 g/mol. The number of rotatable bonds is 4. The second kappa shape index (κ2) is 6.98. The molecule has 3 saturated heterocycles. The number of hydrogen-bond donors (Lipinski definition) is 0. The molecule has 0 radical (unpaired) electrons. The third-order valence-electron chi connectivity index (χ3n) is 9.19. The van der Waals surface area contributed by atoms with E-state index in [0.29, 0.717) is 41.5 Å². The molecule has 4 bridgehead atoms. The summed E-state index contributed by atoms with van der Waals surface area (Å²) in [6.45, 7) is 2.31. The van der Waals surface area contributed by atoms with E-state index in [2.05, 4.69) is 13.0 Å². The van der Waals surface area contributed by atoms with Gasteiger partial charge in [-0.05, 0) is 55.6 Å². The molecule has 6 aliphatic rings. The fourth-order valence-corrected chi connectivity index (χ4v) is 8.11. The number of allylic oxidation sites excluding steroid dienone is 2. The predicted octanol–water partition coefficient (Wildman–Crippen LogP) is 4.09. The Bertz CT molecular complexity index is 1060. The minimum atomic E-state index is -0.516. The number of fused-ring (bicyclic) bond motifs is 1. The highest BCUT2D eigenvalue weighted by atomic mass is 16.5. The molecular formula is C26H31NO6. The third kappa shape index (κ3) is 2.60. The SMILES string of the molecule is COC(=O)c1ccc(OC)c(N2C(=O)CC[C@]3(C)C2=CC[C@]24C[C@H]5C[C@H](O[C@H]5C2)[C@H]43)c1OC. The molecule has 0 N–H and O–H groups in total. The summed E-state index contributed by atoms with van der Waals surface area (Å²) >= 11 is 0. The fraction of sp³-hybridized carbons (Fsp3) is 0.615. The fourth-order valence-electron chi connectivity index (χ4n) is 8.11. The van der Waals surface area contributed by atoms with E-state index in [-0.39, 0.29) is 28.4 Å². The van der Waals surface area contributed by atoms with E-state index in [1.807, 2.05) is 0 Å². The van der Waals surface area contributed by atoms with Crippen LogP contribution in [0.3, 0.4) is 0 Å². The van der Waals surface area contributed by atoms with Crippen molar-refractivity contribution in [1.82, 2.24) is 0 Å². The Hall–Kier alpha value is -2.54. The Morgan fingerprint density at radius 1 is 1.15 bits per heavy atom. The number of ether oxygens (including phenoxy) is 4. The Morgan fingerprint density at radius 3 is 2.67 bits per heavy atom.